The summed E-state index contributed by atoms with van der Waals surface area (Å²) in [6.45, 7) is 4.80. The maximum Gasteiger partial charge on any atom is 0.283 e. The molecular weight excluding hydrogens is 474 g/mol. The third-order valence-electron chi connectivity index (χ3n) is 5.58. The van der Waals surface area contributed by atoms with Gasteiger partial charge >= 0.3 is 0 Å². The molecule has 9 nitrogen and oxygen atoms in total. The third-order valence-corrected chi connectivity index (χ3v) is 5.58. The Morgan fingerprint density at radius 2 is 1.78 bits per heavy atom. The third kappa shape index (κ3) is 4.03. The molecule has 0 atom stereocenters. The van der Waals surface area contributed by atoms with Gasteiger partial charge in [-0.3, -0.25) is 9.78 Å². The van der Waals surface area contributed by atoms with E-state index in [0.29, 0.717) is 22.6 Å². The molecule has 0 aliphatic heterocycles. The Labute approximate surface area is 202 Å². The minimum atomic E-state index is -1.25. The van der Waals surface area contributed by atoms with Crippen LogP contribution in [0.25, 0.3) is 33.7 Å². The van der Waals surface area contributed by atoms with E-state index in [4.69, 9.17) is 13.6 Å². The highest BCUT2D eigenvalue weighted by Gasteiger charge is 2.25. The van der Waals surface area contributed by atoms with E-state index in [1.807, 2.05) is 0 Å². The van der Waals surface area contributed by atoms with E-state index in [9.17, 15) is 18.7 Å². The van der Waals surface area contributed by atoms with Crippen molar-refractivity contribution in [2.45, 2.75) is 26.4 Å². The molecule has 0 aliphatic carbocycles. The van der Waals surface area contributed by atoms with E-state index in [1.54, 1.807) is 40.0 Å². The number of furan rings is 1. The molecule has 184 valence electrons. The highest BCUT2D eigenvalue weighted by atomic mass is 19.1. The molecule has 1 aromatic carbocycles. The first kappa shape index (κ1) is 23.4. The van der Waals surface area contributed by atoms with Gasteiger partial charge in [-0.25, -0.2) is 8.78 Å². The summed E-state index contributed by atoms with van der Waals surface area (Å²) in [4.78, 5) is 16.4. The van der Waals surface area contributed by atoms with Crippen molar-refractivity contribution >= 4 is 11.0 Å². The van der Waals surface area contributed by atoms with Gasteiger partial charge in [0.1, 0.15) is 11.3 Å². The Kier molecular flexibility index (Phi) is 5.44. The van der Waals surface area contributed by atoms with Crippen molar-refractivity contribution in [3.63, 3.8) is 0 Å². The number of rotatable bonds is 5. The van der Waals surface area contributed by atoms with Gasteiger partial charge in [0.05, 0.1) is 23.4 Å². The van der Waals surface area contributed by atoms with E-state index >= 15 is 0 Å². The van der Waals surface area contributed by atoms with Crippen molar-refractivity contribution in [1.82, 2.24) is 19.7 Å². The highest BCUT2D eigenvalue weighted by Crippen LogP contribution is 2.41. The zero-order chi connectivity index (χ0) is 25.8. The van der Waals surface area contributed by atoms with E-state index in [0.717, 1.165) is 12.4 Å². The lowest BCUT2D eigenvalue weighted by atomic mass is 9.93. The Bertz CT molecular complexity index is 1660. The van der Waals surface area contributed by atoms with Gasteiger partial charge in [-0.2, -0.15) is 0 Å². The van der Waals surface area contributed by atoms with E-state index < -0.39 is 23.0 Å². The van der Waals surface area contributed by atoms with Gasteiger partial charge in [-0.05, 0) is 31.5 Å². The van der Waals surface area contributed by atoms with Crippen LogP contribution < -0.4 is 10.3 Å². The lowest BCUT2D eigenvalue weighted by molar-refractivity contribution is 0.0786. The van der Waals surface area contributed by atoms with Crippen molar-refractivity contribution in [3.05, 3.63) is 76.3 Å². The van der Waals surface area contributed by atoms with Crippen LogP contribution in [0, 0.1) is 18.6 Å². The Balaban J connectivity index is 1.78. The molecule has 0 unspecified atom stereocenters. The van der Waals surface area contributed by atoms with Gasteiger partial charge in [0, 0.05) is 37.4 Å². The normalized spacial score (nSPS) is 11.9. The number of halogens is 2. The molecule has 0 aliphatic rings. The number of pyridine rings is 2. The average Bonchev–Trinajstić information content (AvgIpc) is 3.45. The zero-order valence-corrected chi connectivity index (χ0v) is 19.7. The summed E-state index contributed by atoms with van der Waals surface area (Å²) in [5.74, 6) is -2.02. The predicted octanol–water partition coefficient (Wildman–Crippen LogP) is 4.85. The maximum absolute atomic E-state index is 14.3. The van der Waals surface area contributed by atoms with Crippen molar-refractivity contribution in [1.29, 1.82) is 0 Å². The van der Waals surface area contributed by atoms with Crippen LogP contribution in [0.3, 0.4) is 0 Å². The van der Waals surface area contributed by atoms with Gasteiger partial charge in [0.25, 0.3) is 11.4 Å². The van der Waals surface area contributed by atoms with Gasteiger partial charge in [0.2, 0.25) is 11.6 Å². The van der Waals surface area contributed by atoms with Gasteiger partial charge < -0.3 is 23.2 Å². The van der Waals surface area contributed by atoms with Gasteiger partial charge in [-0.15, -0.1) is 10.2 Å². The molecule has 36 heavy (non-hydrogen) atoms. The van der Waals surface area contributed by atoms with Gasteiger partial charge in [-0.1, -0.05) is 6.07 Å². The van der Waals surface area contributed by atoms with Crippen LogP contribution in [0.1, 0.15) is 25.3 Å². The lowest BCUT2D eigenvalue weighted by Crippen LogP contribution is -2.17. The minimum absolute atomic E-state index is 0.0542. The number of aromatic nitrogens is 4. The number of ether oxygens (including phenoxy) is 1. The minimum Gasteiger partial charge on any atom is -0.450 e. The molecule has 11 heteroatoms. The SMILES string of the molecule is Cc1nnc(-c2cc3c(=O)n(C)cc(-c4cc(C(C)(C)O)ccc4Oc4c(F)cncc4F)c3o2)o1. The number of benzene rings is 1. The second-order valence-electron chi connectivity index (χ2n) is 8.74. The lowest BCUT2D eigenvalue weighted by Gasteiger charge is -2.21. The predicted molar refractivity (Wildman–Crippen MR) is 124 cm³/mol. The number of hydrogen-bond acceptors (Lipinski definition) is 8. The van der Waals surface area contributed by atoms with E-state index in [2.05, 4.69) is 15.2 Å². The first-order chi connectivity index (χ1) is 17.0. The summed E-state index contributed by atoms with van der Waals surface area (Å²) in [5, 5.41) is 18.6. The molecule has 0 spiro atoms. The second-order valence-corrected chi connectivity index (χ2v) is 8.74. The van der Waals surface area contributed by atoms with E-state index in [1.165, 1.54) is 22.9 Å². The summed E-state index contributed by atoms with van der Waals surface area (Å²) in [6, 6.07) is 6.13. The molecule has 5 rings (SSSR count). The standard InChI is InChI=1S/C25H20F2N4O5/c1-12-29-30-23(34-12)20-8-15-21(36-20)16(11-31(4)24(15)32)14-7-13(25(2,3)33)5-6-19(14)35-22-17(26)9-28-10-18(22)27/h5-11,33H,1-4H3. The number of aryl methyl sites for hydroxylation is 2. The number of fused-ring (bicyclic) bond motifs is 1. The molecule has 1 N–H and O–H groups in total. The number of nitrogens with zero attached hydrogens (tertiary/aromatic N) is 4. The van der Waals surface area contributed by atoms with E-state index in [-0.39, 0.29) is 33.9 Å². The maximum atomic E-state index is 14.3. The quantitative estimate of drug-likeness (QED) is 0.369. The molecule has 0 amide bonds. The fraction of sp³-hybridized carbons (Fsp3) is 0.200. The fourth-order valence-corrected chi connectivity index (χ4v) is 3.76. The summed E-state index contributed by atoms with van der Waals surface area (Å²) >= 11 is 0. The van der Waals surface area contributed by atoms with Crippen molar-refractivity contribution in [2.24, 2.45) is 7.05 Å². The van der Waals surface area contributed by atoms with Crippen LogP contribution >= 0.6 is 0 Å². The first-order valence-corrected chi connectivity index (χ1v) is 10.8. The molecule has 0 bridgehead atoms. The molecule has 0 radical (unpaired) electrons. The van der Waals surface area contributed by atoms with Crippen LogP contribution in [0.15, 0.2) is 56.5 Å². The van der Waals surface area contributed by atoms with Crippen molar-refractivity contribution in [2.75, 3.05) is 0 Å². The molecule has 0 saturated carbocycles. The number of hydrogen-bond donors (Lipinski definition) is 1. The topological polar surface area (TPSA) is 116 Å². The Morgan fingerprint density at radius 1 is 1.06 bits per heavy atom. The number of aliphatic hydroxyl groups is 1. The zero-order valence-electron chi connectivity index (χ0n) is 19.7. The van der Waals surface area contributed by atoms with Crippen molar-refractivity contribution in [3.8, 4) is 34.3 Å². The Morgan fingerprint density at radius 3 is 2.42 bits per heavy atom. The van der Waals surface area contributed by atoms with Crippen molar-refractivity contribution < 1.29 is 27.5 Å². The monoisotopic (exact) mass is 494 g/mol. The van der Waals surface area contributed by atoms with Crippen LogP contribution in [0.2, 0.25) is 0 Å². The van der Waals surface area contributed by atoms with Crippen LogP contribution in [0.4, 0.5) is 8.78 Å². The largest absolute Gasteiger partial charge is 0.450 e. The molecular formula is C25H20F2N4O5. The molecule has 0 fully saturated rings. The van der Waals surface area contributed by atoms with Gasteiger partial charge in [0.15, 0.2) is 17.4 Å². The summed E-state index contributed by atoms with van der Waals surface area (Å²) in [5.41, 5.74) is -0.277. The first-order valence-electron chi connectivity index (χ1n) is 10.8. The Hall–Kier alpha value is -4.38. The fourth-order valence-electron chi connectivity index (χ4n) is 3.76. The average molecular weight is 494 g/mol. The summed E-state index contributed by atoms with van der Waals surface area (Å²) in [6.07, 6.45) is 3.17. The highest BCUT2D eigenvalue weighted by molar-refractivity contribution is 5.95. The molecule has 0 saturated heterocycles. The smallest absolute Gasteiger partial charge is 0.283 e. The van der Waals surface area contributed by atoms with Crippen LogP contribution in [-0.4, -0.2) is 24.9 Å². The molecule has 4 heterocycles. The van der Waals surface area contributed by atoms with Crippen LogP contribution in [0.5, 0.6) is 11.5 Å². The van der Waals surface area contributed by atoms with Crippen LogP contribution in [-0.2, 0) is 12.6 Å². The molecule has 4 aromatic heterocycles. The second kappa shape index (κ2) is 8.38. The summed E-state index contributed by atoms with van der Waals surface area (Å²) < 4.78 is 47.1. The summed E-state index contributed by atoms with van der Waals surface area (Å²) in [7, 11) is 1.55. The molecule has 5 aromatic rings.